The lowest BCUT2D eigenvalue weighted by Crippen LogP contribution is -2.43. The molecule has 4 rings (SSSR count). The van der Waals surface area contributed by atoms with E-state index in [0.29, 0.717) is 5.75 Å². The molecule has 2 aliphatic rings. The van der Waals surface area contributed by atoms with Gasteiger partial charge in [0.05, 0.1) is 7.11 Å². The number of nitrogens with one attached hydrogen (secondary N) is 2. The van der Waals surface area contributed by atoms with E-state index in [2.05, 4.69) is 10.6 Å². The number of ether oxygens (including phenoxy) is 1. The van der Waals surface area contributed by atoms with Gasteiger partial charge in [-0.1, -0.05) is 30.3 Å². The molecule has 21 heavy (non-hydrogen) atoms. The third-order valence-electron chi connectivity index (χ3n) is 4.12. The van der Waals surface area contributed by atoms with Crippen LogP contribution in [0.1, 0.15) is 11.1 Å². The van der Waals surface area contributed by atoms with Crippen molar-refractivity contribution < 1.29 is 14.3 Å². The summed E-state index contributed by atoms with van der Waals surface area (Å²) >= 11 is 0. The molecule has 2 N–H and O–H groups in total. The molecular formula is C16H12N2O3. The molecule has 104 valence electrons. The molecule has 1 spiro atoms. The summed E-state index contributed by atoms with van der Waals surface area (Å²) in [5.41, 5.74) is 2.26. The van der Waals surface area contributed by atoms with E-state index in [4.69, 9.17) is 4.74 Å². The number of hydrogen-bond acceptors (Lipinski definition) is 3. The van der Waals surface area contributed by atoms with Crippen molar-refractivity contribution in [2.75, 3.05) is 7.11 Å². The van der Waals surface area contributed by atoms with Crippen molar-refractivity contribution in [3.05, 3.63) is 53.6 Å². The predicted octanol–water partition coefficient (Wildman–Crippen LogP) is 1.76. The highest BCUT2D eigenvalue weighted by Gasteiger charge is 2.54. The van der Waals surface area contributed by atoms with Crippen molar-refractivity contribution in [1.82, 2.24) is 10.6 Å². The monoisotopic (exact) mass is 280 g/mol. The molecule has 1 saturated heterocycles. The van der Waals surface area contributed by atoms with Crippen LogP contribution in [0, 0.1) is 0 Å². The summed E-state index contributed by atoms with van der Waals surface area (Å²) in [4.78, 5) is 24.2. The first-order valence-electron chi connectivity index (χ1n) is 6.59. The minimum Gasteiger partial charge on any atom is -0.497 e. The minimum absolute atomic E-state index is 0.355. The molecular weight excluding hydrogens is 268 g/mol. The van der Waals surface area contributed by atoms with Crippen LogP contribution in [0.3, 0.4) is 0 Å². The highest BCUT2D eigenvalue weighted by Crippen LogP contribution is 2.49. The molecule has 1 fully saturated rings. The van der Waals surface area contributed by atoms with E-state index >= 15 is 0 Å². The molecule has 1 aliphatic carbocycles. The van der Waals surface area contributed by atoms with Gasteiger partial charge in [0, 0.05) is 5.56 Å². The number of rotatable bonds is 1. The maximum atomic E-state index is 12.5. The molecule has 2 aromatic carbocycles. The Kier molecular flexibility index (Phi) is 2.19. The second-order valence-corrected chi connectivity index (χ2v) is 5.12. The van der Waals surface area contributed by atoms with Crippen LogP contribution in [0.4, 0.5) is 4.79 Å². The van der Waals surface area contributed by atoms with Gasteiger partial charge in [0.25, 0.3) is 5.91 Å². The van der Waals surface area contributed by atoms with Crippen LogP contribution in [0.15, 0.2) is 42.5 Å². The van der Waals surface area contributed by atoms with Gasteiger partial charge in [-0.15, -0.1) is 0 Å². The lowest BCUT2D eigenvalue weighted by atomic mass is 9.87. The van der Waals surface area contributed by atoms with Gasteiger partial charge in [0.15, 0.2) is 5.54 Å². The number of carbonyl (C=O) groups is 2. The molecule has 1 unspecified atom stereocenters. The van der Waals surface area contributed by atoms with Gasteiger partial charge < -0.3 is 10.1 Å². The Labute approximate surface area is 120 Å². The van der Waals surface area contributed by atoms with Crippen LogP contribution in [-0.4, -0.2) is 19.0 Å². The summed E-state index contributed by atoms with van der Waals surface area (Å²) in [6, 6.07) is 12.7. The molecule has 0 saturated carbocycles. The van der Waals surface area contributed by atoms with Gasteiger partial charge in [-0.2, -0.15) is 0 Å². The van der Waals surface area contributed by atoms with Crippen LogP contribution in [-0.2, 0) is 10.3 Å². The van der Waals surface area contributed by atoms with Crippen molar-refractivity contribution in [2.45, 2.75) is 5.54 Å². The third kappa shape index (κ3) is 1.35. The van der Waals surface area contributed by atoms with E-state index in [1.807, 2.05) is 36.4 Å². The summed E-state index contributed by atoms with van der Waals surface area (Å²) in [6.07, 6.45) is 0. The number of methoxy groups -OCH3 is 1. The average Bonchev–Trinajstić information content (AvgIpc) is 2.96. The molecule has 1 aliphatic heterocycles. The Morgan fingerprint density at radius 1 is 1.00 bits per heavy atom. The van der Waals surface area contributed by atoms with Gasteiger partial charge in [-0.05, 0) is 28.8 Å². The lowest BCUT2D eigenvalue weighted by molar-refractivity contribution is -0.122. The van der Waals surface area contributed by atoms with E-state index in [0.717, 1.165) is 22.3 Å². The first-order valence-corrected chi connectivity index (χ1v) is 6.59. The minimum atomic E-state index is -1.16. The number of imide groups is 1. The van der Waals surface area contributed by atoms with E-state index in [1.54, 1.807) is 13.2 Å². The summed E-state index contributed by atoms with van der Waals surface area (Å²) in [7, 11) is 1.57. The summed E-state index contributed by atoms with van der Waals surface area (Å²) < 4.78 is 5.26. The van der Waals surface area contributed by atoms with Crippen molar-refractivity contribution in [3.8, 4) is 16.9 Å². The number of amides is 3. The smallest absolute Gasteiger partial charge is 0.322 e. The molecule has 0 aromatic heterocycles. The largest absolute Gasteiger partial charge is 0.497 e. The first kappa shape index (κ1) is 12.0. The van der Waals surface area contributed by atoms with E-state index < -0.39 is 11.6 Å². The molecule has 1 atom stereocenters. The van der Waals surface area contributed by atoms with Gasteiger partial charge in [0.2, 0.25) is 0 Å². The molecule has 2 aromatic rings. The second-order valence-electron chi connectivity index (χ2n) is 5.12. The van der Waals surface area contributed by atoms with Crippen molar-refractivity contribution in [3.63, 3.8) is 0 Å². The van der Waals surface area contributed by atoms with Crippen molar-refractivity contribution in [1.29, 1.82) is 0 Å². The van der Waals surface area contributed by atoms with Crippen LogP contribution in [0.2, 0.25) is 0 Å². The van der Waals surface area contributed by atoms with E-state index in [-0.39, 0.29) is 5.91 Å². The summed E-state index contributed by atoms with van der Waals surface area (Å²) in [6.45, 7) is 0. The first-order chi connectivity index (χ1) is 10.2. The summed E-state index contributed by atoms with van der Waals surface area (Å²) in [5, 5.41) is 5.13. The normalized spacial score (nSPS) is 21.8. The molecule has 0 radical (unpaired) electrons. The zero-order valence-corrected chi connectivity index (χ0v) is 11.3. The molecule has 5 nitrogen and oxygen atoms in total. The third-order valence-corrected chi connectivity index (χ3v) is 4.12. The van der Waals surface area contributed by atoms with Crippen molar-refractivity contribution in [2.24, 2.45) is 0 Å². The van der Waals surface area contributed by atoms with Crippen LogP contribution < -0.4 is 15.4 Å². The lowest BCUT2D eigenvalue weighted by Gasteiger charge is -2.23. The Balaban J connectivity index is 2.08. The maximum absolute atomic E-state index is 12.5. The number of benzene rings is 2. The van der Waals surface area contributed by atoms with E-state index in [1.165, 1.54) is 0 Å². The Hall–Kier alpha value is -2.82. The maximum Gasteiger partial charge on any atom is 0.322 e. The second kappa shape index (κ2) is 3.85. The van der Waals surface area contributed by atoms with Crippen molar-refractivity contribution >= 4 is 11.9 Å². The highest BCUT2D eigenvalue weighted by molar-refractivity contribution is 6.13. The molecule has 5 heteroatoms. The van der Waals surface area contributed by atoms with Crippen LogP contribution >= 0.6 is 0 Å². The van der Waals surface area contributed by atoms with Gasteiger partial charge in [-0.25, -0.2) is 4.79 Å². The molecule has 3 amide bonds. The average molecular weight is 280 g/mol. The Morgan fingerprint density at radius 2 is 1.76 bits per heavy atom. The zero-order chi connectivity index (χ0) is 14.6. The summed E-state index contributed by atoms with van der Waals surface area (Å²) in [5.74, 6) is 0.293. The van der Waals surface area contributed by atoms with Gasteiger partial charge in [0.1, 0.15) is 5.75 Å². The van der Waals surface area contributed by atoms with Crippen LogP contribution in [0.5, 0.6) is 5.75 Å². The van der Waals surface area contributed by atoms with Gasteiger partial charge >= 0.3 is 6.03 Å². The quantitative estimate of drug-likeness (QED) is 0.782. The number of carbonyl (C=O) groups excluding carboxylic acids is 2. The Morgan fingerprint density at radius 3 is 2.48 bits per heavy atom. The number of fused-ring (bicyclic) bond motifs is 5. The SMILES string of the molecule is COc1ccc2c(c1)C1(NC(=O)NC1=O)c1ccccc1-2. The standard InChI is InChI=1S/C16H12N2O3/c1-21-9-6-7-11-10-4-2-3-5-12(10)16(13(11)8-9)14(19)17-15(20)18-16/h2-8H,1H3,(H2,17,18,19,20). The molecule has 1 heterocycles. The van der Waals surface area contributed by atoms with Gasteiger partial charge in [-0.3, -0.25) is 10.1 Å². The fourth-order valence-corrected chi connectivity index (χ4v) is 3.22. The Bertz CT molecular complexity index is 800. The topological polar surface area (TPSA) is 67.4 Å². The zero-order valence-electron chi connectivity index (χ0n) is 11.3. The predicted molar refractivity (Wildman–Crippen MR) is 75.9 cm³/mol. The highest BCUT2D eigenvalue weighted by atomic mass is 16.5. The number of urea groups is 1. The van der Waals surface area contributed by atoms with E-state index in [9.17, 15) is 9.59 Å². The fraction of sp³-hybridized carbons (Fsp3) is 0.125. The molecule has 0 bridgehead atoms. The fourth-order valence-electron chi connectivity index (χ4n) is 3.22. The number of hydrogen-bond donors (Lipinski definition) is 2. The van der Waals surface area contributed by atoms with Crippen LogP contribution in [0.25, 0.3) is 11.1 Å².